The number of anilines is 1. The van der Waals surface area contributed by atoms with Gasteiger partial charge in [0.25, 0.3) is 0 Å². The average Bonchev–Trinajstić information content (AvgIpc) is 3.09. The summed E-state index contributed by atoms with van der Waals surface area (Å²) >= 11 is 0. The van der Waals surface area contributed by atoms with Crippen LogP contribution < -0.4 is 10.1 Å². The SMILES string of the molecule is CCOc1ccc(-c2cnc(NCc3ccc(F)cc3)n2C)cc1.O=C(O)C(=O)O. The van der Waals surface area contributed by atoms with Crippen LogP contribution in [0.1, 0.15) is 12.5 Å². The summed E-state index contributed by atoms with van der Waals surface area (Å²) < 4.78 is 20.4. The third-order valence-corrected chi connectivity index (χ3v) is 4.00. The van der Waals surface area contributed by atoms with E-state index >= 15 is 0 Å². The van der Waals surface area contributed by atoms with Crippen molar-refractivity contribution < 1.29 is 28.9 Å². The number of rotatable bonds is 6. The third kappa shape index (κ3) is 6.33. The van der Waals surface area contributed by atoms with Crippen molar-refractivity contribution in [1.29, 1.82) is 0 Å². The molecule has 0 unspecified atom stereocenters. The van der Waals surface area contributed by atoms with E-state index in [9.17, 15) is 4.39 Å². The molecule has 0 saturated carbocycles. The summed E-state index contributed by atoms with van der Waals surface area (Å²) in [6.07, 6.45) is 1.84. The zero-order valence-corrected chi connectivity index (χ0v) is 16.5. The fourth-order valence-electron chi connectivity index (χ4n) is 2.51. The second-order valence-electron chi connectivity index (χ2n) is 6.07. The van der Waals surface area contributed by atoms with Crippen LogP contribution in [0.25, 0.3) is 11.3 Å². The molecule has 0 aliphatic carbocycles. The van der Waals surface area contributed by atoms with Crippen LogP contribution in [0.5, 0.6) is 5.75 Å². The summed E-state index contributed by atoms with van der Waals surface area (Å²) in [4.78, 5) is 22.6. The van der Waals surface area contributed by atoms with E-state index in [1.54, 1.807) is 12.1 Å². The first-order valence-electron chi connectivity index (χ1n) is 9.01. The van der Waals surface area contributed by atoms with Gasteiger partial charge in [-0.3, -0.25) is 0 Å². The van der Waals surface area contributed by atoms with E-state index < -0.39 is 11.9 Å². The molecule has 0 radical (unpaired) electrons. The van der Waals surface area contributed by atoms with Gasteiger partial charge in [0.2, 0.25) is 5.95 Å². The molecular formula is C21H22FN3O5. The maximum absolute atomic E-state index is 12.9. The lowest BCUT2D eigenvalue weighted by molar-refractivity contribution is -0.159. The van der Waals surface area contributed by atoms with E-state index in [-0.39, 0.29) is 5.82 Å². The van der Waals surface area contributed by atoms with Crippen LogP contribution in [-0.4, -0.2) is 38.3 Å². The van der Waals surface area contributed by atoms with Crippen LogP contribution in [-0.2, 0) is 23.2 Å². The minimum atomic E-state index is -1.82. The van der Waals surface area contributed by atoms with Gasteiger partial charge in [-0.1, -0.05) is 12.1 Å². The summed E-state index contributed by atoms with van der Waals surface area (Å²) in [6.45, 7) is 3.21. The molecule has 158 valence electrons. The standard InChI is InChI=1S/C19H20FN3O.C2H2O4/c1-3-24-17-10-6-15(7-11-17)18-13-22-19(23(18)2)21-12-14-4-8-16(20)9-5-14;3-1(4)2(5)6/h4-11,13H,3,12H2,1-2H3,(H,21,22);(H,3,4)(H,5,6). The molecule has 0 spiro atoms. The molecule has 0 bridgehead atoms. The molecule has 1 aromatic heterocycles. The molecule has 30 heavy (non-hydrogen) atoms. The second kappa shape index (κ2) is 10.6. The quantitative estimate of drug-likeness (QED) is 0.529. The lowest BCUT2D eigenvalue weighted by Crippen LogP contribution is -2.09. The van der Waals surface area contributed by atoms with Gasteiger partial charge < -0.3 is 24.8 Å². The van der Waals surface area contributed by atoms with Gasteiger partial charge in [0, 0.05) is 19.2 Å². The normalized spacial score (nSPS) is 9.97. The summed E-state index contributed by atoms with van der Waals surface area (Å²) in [6, 6.07) is 14.4. The van der Waals surface area contributed by atoms with Crippen molar-refractivity contribution in [2.24, 2.45) is 7.05 Å². The molecule has 0 amide bonds. The summed E-state index contributed by atoms with van der Waals surface area (Å²) in [5.74, 6) is -2.25. The first-order valence-corrected chi connectivity index (χ1v) is 9.01. The lowest BCUT2D eigenvalue weighted by Gasteiger charge is -2.09. The van der Waals surface area contributed by atoms with Crippen LogP contribution in [0.2, 0.25) is 0 Å². The average molecular weight is 415 g/mol. The summed E-state index contributed by atoms with van der Waals surface area (Å²) in [7, 11) is 1.96. The molecule has 1 heterocycles. The summed E-state index contributed by atoms with van der Waals surface area (Å²) in [5, 5.41) is 18.1. The number of carbonyl (C=O) groups is 2. The first-order chi connectivity index (χ1) is 14.3. The number of nitrogens with zero attached hydrogens (tertiary/aromatic N) is 2. The Morgan fingerprint density at radius 1 is 1.07 bits per heavy atom. The maximum atomic E-state index is 12.9. The molecule has 2 aromatic carbocycles. The zero-order chi connectivity index (χ0) is 22.1. The van der Waals surface area contributed by atoms with Gasteiger partial charge in [-0.2, -0.15) is 0 Å². The number of hydrogen-bond donors (Lipinski definition) is 3. The number of halogens is 1. The van der Waals surface area contributed by atoms with Gasteiger partial charge in [0.1, 0.15) is 11.6 Å². The minimum Gasteiger partial charge on any atom is -0.494 e. The number of aromatic nitrogens is 2. The van der Waals surface area contributed by atoms with Crippen molar-refractivity contribution in [2.45, 2.75) is 13.5 Å². The third-order valence-electron chi connectivity index (χ3n) is 4.00. The van der Waals surface area contributed by atoms with Crippen molar-refractivity contribution >= 4 is 17.9 Å². The molecule has 0 fully saturated rings. The van der Waals surface area contributed by atoms with Gasteiger partial charge in [-0.15, -0.1) is 0 Å². The first kappa shape index (κ1) is 22.4. The van der Waals surface area contributed by atoms with Crippen molar-refractivity contribution in [2.75, 3.05) is 11.9 Å². The highest BCUT2D eigenvalue weighted by Crippen LogP contribution is 2.24. The fourth-order valence-corrected chi connectivity index (χ4v) is 2.51. The fraction of sp³-hybridized carbons (Fsp3) is 0.190. The number of ether oxygens (including phenoxy) is 1. The predicted octanol–water partition coefficient (Wildman–Crippen LogP) is 3.39. The van der Waals surface area contributed by atoms with Gasteiger partial charge in [0.05, 0.1) is 18.5 Å². The Bertz CT molecular complexity index is 973. The molecule has 9 heteroatoms. The molecule has 3 rings (SSSR count). The van der Waals surface area contributed by atoms with Gasteiger partial charge >= 0.3 is 11.9 Å². The number of benzene rings is 2. The van der Waals surface area contributed by atoms with Crippen molar-refractivity contribution in [3.63, 3.8) is 0 Å². The number of hydrogen-bond acceptors (Lipinski definition) is 5. The van der Waals surface area contributed by atoms with Crippen molar-refractivity contribution in [1.82, 2.24) is 9.55 Å². The van der Waals surface area contributed by atoms with E-state index in [0.29, 0.717) is 13.2 Å². The topological polar surface area (TPSA) is 114 Å². The highest BCUT2D eigenvalue weighted by molar-refractivity contribution is 6.27. The number of nitrogens with one attached hydrogen (secondary N) is 1. The molecule has 0 saturated heterocycles. The second-order valence-corrected chi connectivity index (χ2v) is 6.07. The largest absolute Gasteiger partial charge is 0.494 e. The van der Waals surface area contributed by atoms with Gasteiger partial charge in [0.15, 0.2) is 0 Å². The molecule has 3 aromatic rings. The van der Waals surface area contributed by atoms with Gasteiger partial charge in [-0.25, -0.2) is 19.0 Å². The Hall–Kier alpha value is -3.88. The minimum absolute atomic E-state index is 0.228. The van der Waals surface area contributed by atoms with Crippen LogP contribution in [0.3, 0.4) is 0 Å². The van der Waals surface area contributed by atoms with Crippen molar-refractivity contribution in [3.8, 4) is 17.0 Å². The molecule has 0 atom stereocenters. The Labute approximate surface area is 172 Å². The Morgan fingerprint density at radius 2 is 1.67 bits per heavy atom. The number of aliphatic carboxylic acids is 2. The zero-order valence-electron chi connectivity index (χ0n) is 16.5. The Morgan fingerprint density at radius 3 is 2.20 bits per heavy atom. The smallest absolute Gasteiger partial charge is 0.414 e. The predicted molar refractivity (Wildman–Crippen MR) is 109 cm³/mol. The molecule has 8 nitrogen and oxygen atoms in total. The lowest BCUT2D eigenvalue weighted by atomic mass is 10.1. The molecule has 0 aliphatic heterocycles. The molecular weight excluding hydrogens is 393 g/mol. The highest BCUT2D eigenvalue weighted by Gasteiger charge is 2.08. The van der Waals surface area contributed by atoms with E-state index in [2.05, 4.69) is 10.3 Å². The molecule has 3 N–H and O–H groups in total. The van der Waals surface area contributed by atoms with E-state index in [0.717, 1.165) is 28.5 Å². The monoisotopic (exact) mass is 415 g/mol. The Kier molecular flexibility index (Phi) is 7.92. The van der Waals surface area contributed by atoms with Crippen LogP contribution >= 0.6 is 0 Å². The maximum Gasteiger partial charge on any atom is 0.414 e. The van der Waals surface area contributed by atoms with Crippen LogP contribution in [0, 0.1) is 5.82 Å². The van der Waals surface area contributed by atoms with E-state index in [4.69, 9.17) is 24.5 Å². The number of carboxylic acid groups (broad SMARTS) is 2. The van der Waals surface area contributed by atoms with Crippen LogP contribution in [0.4, 0.5) is 10.3 Å². The Balaban J connectivity index is 0.000000469. The number of carboxylic acids is 2. The van der Waals surface area contributed by atoms with E-state index in [1.807, 2.05) is 49.0 Å². The van der Waals surface area contributed by atoms with E-state index in [1.165, 1.54) is 12.1 Å². The highest BCUT2D eigenvalue weighted by atomic mass is 19.1. The van der Waals surface area contributed by atoms with Crippen molar-refractivity contribution in [3.05, 3.63) is 66.1 Å². The molecule has 0 aliphatic rings. The van der Waals surface area contributed by atoms with Crippen LogP contribution in [0.15, 0.2) is 54.7 Å². The summed E-state index contributed by atoms with van der Waals surface area (Å²) in [5.41, 5.74) is 3.09. The number of imidazole rings is 1. The van der Waals surface area contributed by atoms with Gasteiger partial charge in [-0.05, 0) is 48.9 Å².